The Morgan fingerprint density at radius 1 is 1.09 bits per heavy atom. The smallest absolute Gasteiger partial charge is 0.163 e. The van der Waals surface area contributed by atoms with Gasteiger partial charge in [0.05, 0.1) is 13.2 Å². The fourth-order valence-electron chi connectivity index (χ4n) is 2.94. The molecule has 1 aromatic rings. The maximum Gasteiger partial charge on any atom is 0.163 e. The number of hydrogen-bond donors (Lipinski definition) is 1. The maximum atomic E-state index is 6.43. The third-order valence-corrected chi connectivity index (χ3v) is 3.78. The van der Waals surface area contributed by atoms with E-state index in [2.05, 4.69) is 39.9 Å². The van der Waals surface area contributed by atoms with Crippen molar-refractivity contribution in [1.29, 1.82) is 0 Å². The van der Waals surface area contributed by atoms with Gasteiger partial charge in [-0.1, -0.05) is 32.4 Å². The van der Waals surface area contributed by atoms with Crippen LogP contribution >= 0.6 is 11.6 Å². The molecule has 0 saturated heterocycles. The van der Waals surface area contributed by atoms with E-state index in [1.54, 1.807) is 7.11 Å². The van der Waals surface area contributed by atoms with Crippen LogP contribution in [0.15, 0.2) is 12.1 Å². The lowest BCUT2D eigenvalue weighted by molar-refractivity contribution is 0.229. The van der Waals surface area contributed by atoms with Gasteiger partial charge in [0, 0.05) is 23.2 Å². The molecular formula is C19H32ClNO2. The third-order valence-electron chi connectivity index (χ3n) is 3.43. The summed E-state index contributed by atoms with van der Waals surface area (Å²) in [5.41, 5.74) is 1.32. The van der Waals surface area contributed by atoms with Crippen molar-refractivity contribution in [3.05, 3.63) is 22.7 Å². The molecule has 23 heavy (non-hydrogen) atoms. The minimum absolute atomic E-state index is 0.0297. The van der Waals surface area contributed by atoms with Crippen LogP contribution in [-0.2, 0) is 6.54 Å². The molecule has 1 rings (SSSR count). The number of ether oxygens (including phenoxy) is 2. The minimum atomic E-state index is 0.0297. The summed E-state index contributed by atoms with van der Waals surface area (Å²) in [6, 6.07) is 3.80. The molecule has 1 aromatic carbocycles. The minimum Gasteiger partial charge on any atom is -0.493 e. The highest BCUT2D eigenvalue weighted by Gasteiger charge is 2.25. The number of rotatable bonds is 7. The SMILES string of the molecule is COc1cc(CNC(C)(C)CC(C)(C)C)c(Cl)cc1OC(C)C. The first kappa shape index (κ1) is 20.1. The van der Waals surface area contributed by atoms with Gasteiger partial charge in [-0.3, -0.25) is 0 Å². The second kappa shape index (κ2) is 7.76. The van der Waals surface area contributed by atoms with Gasteiger partial charge in [-0.15, -0.1) is 0 Å². The van der Waals surface area contributed by atoms with Gasteiger partial charge >= 0.3 is 0 Å². The van der Waals surface area contributed by atoms with Crippen LogP contribution in [0.4, 0.5) is 0 Å². The highest BCUT2D eigenvalue weighted by atomic mass is 35.5. The Labute approximate surface area is 146 Å². The summed E-state index contributed by atoms with van der Waals surface area (Å²) in [5.74, 6) is 1.40. The normalized spacial score (nSPS) is 12.6. The van der Waals surface area contributed by atoms with Gasteiger partial charge in [0.25, 0.3) is 0 Å². The molecule has 0 aliphatic heterocycles. The molecule has 0 aliphatic rings. The van der Waals surface area contributed by atoms with E-state index in [9.17, 15) is 0 Å². The highest BCUT2D eigenvalue weighted by molar-refractivity contribution is 6.31. The largest absolute Gasteiger partial charge is 0.493 e. The number of methoxy groups -OCH3 is 1. The molecule has 132 valence electrons. The molecule has 0 atom stereocenters. The van der Waals surface area contributed by atoms with Crippen LogP contribution in [-0.4, -0.2) is 18.8 Å². The molecular weight excluding hydrogens is 310 g/mol. The van der Waals surface area contributed by atoms with E-state index in [4.69, 9.17) is 21.1 Å². The van der Waals surface area contributed by atoms with Crippen LogP contribution < -0.4 is 14.8 Å². The van der Waals surface area contributed by atoms with Crippen molar-refractivity contribution in [1.82, 2.24) is 5.32 Å². The summed E-state index contributed by atoms with van der Waals surface area (Å²) in [6.07, 6.45) is 1.15. The summed E-state index contributed by atoms with van der Waals surface area (Å²) >= 11 is 6.43. The molecule has 0 bridgehead atoms. The number of hydrogen-bond acceptors (Lipinski definition) is 3. The first-order valence-electron chi connectivity index (χ1n) is 8.21. The van der Waals surface area contributed by atoms with Gasteiger partial charge in [-0.05, 0) is 51.2 Å². The van der Waals surface area contributed by atoms with Crippen molar-refractivity contribution < 1.29 is 9.47 Å². The number of nitrogens with one attached hydrogen (secondary N) is 1. The van der Waals surface area contributed by atoms with E-state index >= 15 is 0 Å². The molecule has 3 nitrogen and oxygen atoms in total. The predicted molar refractivity (Wildman–Crippen MR) is 98.8 cm³/mol. The second-order valence-corrected chi connectivity index (χ2v) is 8.64. The lowest BCUT2D eigenvalue weighted by Gasteiger charge is -2.33. The monoisotopic (exact) mass is 341 g/mol. The molecule has 0 saturated carbocycles. The van der Waals surface area contributed by atoms with Crippen molar-refractivity contribution in [3.63, 3.8) is 0 Å². The summed E-state index contributed by atoms with van der Waals surface area (Å²) in [6.45, 7) is 15.9. The van der Waals surface area contributed by atoms with Gasteiger partial charge in [0.1, 0.15) is 0 Å². The molecule has 1 N–H and O–H groups in total. The molecule has 0 radical (unpaired) electrons. The first-order valence-corrected chi connectivity index (χ1v) is 8.59. The second-order valence-electron chi connectivity index (χ2n) is 8.24. The highest BCUT2D eigenvalue weighted by Crippen LogP contribution is 2.34. The molecule has 0 aromatic heterocycles. The molecule has 0 aliphatic carbocycles. The predicted octanol–water partition coefficient (Wildman–Crippen LogP) is 5.44. The van der Waals surface area contributed by atoms with Crippen LogP contribution in [0, 0.1) is 5.41 Å². The van der Waals surface area contributed by atoms with E-state index in [-0.39, 0.29) is 17.1 Å². The Morgan fingerprint density at radius 2 is 1.70 bits per heavy atom. The maximum absolute atomic E-state index is 6.43. The summed E-state index contributed by atoms with van der Waals surface area (Å²) < 4.78 is 11.2. The summed E-state index contributed by atoms with van der Waals surface area (Å²) in [4.78, 5) is 0. The van der Waals surface area contributed by atoms with Crippen molar-refractivity contribution >= 4 is 11.6 Å². The van der Waals surface area contributed by atoms with Gasteiger partial charge in [-0.25, -0.2) is 0 Å². The van der Waals surface area contributed by atoms with Crippen LogP contribution in [0.1, 0.15) is 60.5 Å². The number of halogens is 1. The van der Waals surface area contributed by atoms with E-state index in [0.29, 0.717) is 23.1 Å². The standard InChI is InChI=1S/C19H32ClNO2/c1-13(2)23-17-10-15(20)14(9-16(17)22-8)11-21-19(6,7)12-18(3,4)5/h9-10,13,21H,11-12H2,1-8H3. The molecule has 0 heterocycles. The zero-order valence-electron chi connectivity index (χ0n) is 15.8. The fourth-order valence-corrected chi connectivity index (χ4v) is 3.16. The van der Waals surface area contributed by atoms with Crippen molar-refractivity contribution in [2.45, 2.75) is 73.1 Å². The van der Waals surface area contributed by atoms with Crippen LogP contribution in [0.5, 0.6) is 11.5 Å². The molecule has 0 amide bonds. The zero-order valence-corrected chi connectivity index (χ0v) is 16.6. The van der Waals surface area contributed by atoms with E-state index < -0.39 is 0 Å². The van der Waals surface area contributed by atoms with E-state index in [1.807, 2.05) is 26.0 Å². The molecule has 0 unspecified atom stereocenters. The third kappa shape index (κ3) is 7.01. The molecule has 0 fully saturated rings. The van der Waals surface area contributed by atoms with Crippen molar-refractivity contribution in [2.75, 3.05) is 7.11 Å². The first-order chi connectivity index (χ1) is 10.4. The Balaban J connectivity index is 2.89. The fraction of sp³-hybridized carbons (Fsp3) is 0.684. The summed E-state index contributed by atoms with van der Waals surface area (Å²) in [7, 11) is 1.65. The Bertz CT molecular complexity index is 519. The topological polar surface area (TPSA) is 30.5 Å². The average molecular weight is 342 g/mol. The van der Waals surface area contributed by atoms with Gasteiger partial charge in [-0.2, -0.15) is 0 Å². The van der Waals surface area contributed by atoms with Crippen LogP contribution in [0.2, 0.25) is 5.02 Å². The van der Waals surface area contributed by atoms with Gasteiger partial charge in [0.15, 0.2) is 11.5 Å². The van der Waals surface area contributed by atoms with Gasteiger partial charge in [0.2, 0.25) is 0 Å². The average Bonchev–Trinajstić information content (AvgIpc) is 2.34. The Morgan fingerprint density at radius 3 is 2.17 bits per heavy atom. The van der Waals surface area contributed by atoms with Gasteiger partial charge < -0.3 is 14.8 Å². The van der Waals surface area contributed by atoms with E-state index in [0.717, 1.165) is 12.0 Å². The van der Waals surface area contributed by atoms with Crippen molar-refractivity contribution in [3.8, 4) is 11.5 Å². The van der Waals surface area contributed by atoms with Crippen molar-refractivity contribution in [2.24, 2.45) is 5.41 Å². The quantitative estimate of drug-likeness (QED) is 0.716. The Hall–Kier alpha value is -0.930. The van der Waals surface area contributed by atoms with Crippen LogP contribution in [0.3, 0.4) is 0 Å². The molecule has 4 heteroatoms. The number of benzene rings is 1. The lowest BCUT2D eigenvalue weighted by Crippen LogP contribution is -2.41. The van der Waals surface area contributed by atoms with E-state index in [1.165, 1.54) is 0 Å². The molecule has 0 spiro atoms. The Kier molecular flexibility index (Phi) is 6.79. The van der Waals surface area contributed by atoms with Crippen LogP contribution in [0.25, 0.3) is 0 Å². The lowest BCUT2D eigenvalue weighted by atomic mass is 9.82. The summed E-state index contributed by atoms with van der Waals surface area (Å²) in [5, 5.41) is 4.30. The zero-order chi connectivity index (χ0) is 17.8.